The highest BCUT2D eigenvalue weighted by atomic mass is 32.2. The van der Waals surface area contributed by atoms with Crippen molar-refractivity contribution in [1.29, 1.82) is 0 Å². The van der Waals surface area contributed by atoms with E-state index >= 15 is 0 Å². The highest BCUT2D eigenvalue weighted by molar-refractivity contribution is 7.88. The molecule has 2 aliphatic carbocycles. The Labute approximate surface area is 528 Å². The van der Waals surface area contributed by atoms with Gasteiger partial charge in [0, 0.05) is 122 Å². The monoisotopic (exact) mass is 1280 g/mol. The summed E-state index contributed by atoms with van der Waals surface area (Å²) in [5.41, 5.74) is 8.33. The number of halogens is 2. The quantitative estimate of drug-likeness (QED) is 0.0859. The molecule has 2 amide bonds. The lowest BCUT2D eigenvalue weighted by Gasteiger charge is -2.35. The number of rotatable bonds is 12. The Morgan fingerprint density at radius 2 is 1.72 bits per heavy atom. The molecule has 3 saturated heterocycles. The number of pyridine rings is 2. The molecule has 26 heteroatoms. The van der Waals surface area contributed by atoms with Crippen LogP contribution in [0.1, 0.15) is 133 Å². The molecule has 1 aromatic carbocycles. The van der Waals surface area contributed by atoms with Crippen molar-refractivity contribution in [3.05, 3.63) is 80.3 Å². The van der Waals surface area contributed by atoms with Crippen LogP contribution in [0.2, 0.25) is 0 Å². The zero-order valence-corrected chi connectivity index (χ0v) is 54.6. The lowest BCUT2D eigenvalue weighted by molar-refractivity contribution is -0.155. The van der Waals surface area contributed by atoms with E-state index in [1.165, 1.54) is 37.7 Å². The van der Waals surface area contributed by atoms with E-state index in [0.29, 0.717) is 82.3 Å². The number of aliphatic hydroxyl groups is 1. The SMILES string of the molecule is CC1(O)CCCC1n1c(=O)c(C(F)F)cc2cnc(NC3CCN(S(C)(=O)=O)CC3)nc21.CCn1c(-c2cc(N3CCN(C)CC3)cnc2C(C)OC)c2c3cc(ccc31)-c1csc(n1)CC(NC(=O)C1CC1C)C(=O)N1CCCC(N1)C(=O)OCC(C)(C)C2. The van der Waals surface area contributed by atoms with Crippen molar-refractivity contribution in [3.8, 4) is 22.5 Å². The predicted molar refractivity (Wildman–Crippen MR) is 342 cm³/mol. The van der Waals surface area contributed by atoms with Gasteiger partial charge in [-0.1, -0.05) is 26.8 Å². The summed E-state index contributed by atoms with van der Waals surface area (Å²) in [4.78, 5) is 77.8. The number of hydrogen-bond donors (Lipinski definition) is 4. The second-order valence-corrected chi connectivity index (χ2v) is 29.4. The molecule has 22 nitrogen and oxygen atoms in total. The Morgan fingerprint density at radius 1 is 0.978 bits per heavy atom. The van der Waals surface area contributed by atoms with Crippen molar-refractivity contribution in [2.45, 2.75) is 155 Å². The number of ether oxygens (including phenoxy) is 2. The summed E-state index contributed by atoms with van der Waals surface area (Å²) in [5, 5.41) is 22.7. The first-order valence-corrected chi connectivity index (χ1v) is 34.3. The first kappa shape index (κ1) is 65.0. The van der Waals surface area contributed by atoms with E-state index in [-0.39, 0.29) is 60.5 Å². The average Bonchev–Trinajstić information content (AvgIpc) is 1.50. The first-order valence-electron chi connectivity index (χ1n) is 31.6. The minimum absolute atomic E-state index is 0.0689. The highest BCUT2D eigenvalue weighted by Gasteiger charge is 2.43. The topological polar surface area (TPSA) is 252 Å². The zero-order valence-electron chi connectivity index (χ0n) is 52.9. The van der Waals surface area contributed by atoms with Crippen LogP contribution in [0.25, 0.3) is 44.5 Å². The second-order valence-electron chi connectivity index (χ2n) is 26.5. The van der Waals surface area contributed by atoms with E-state index in [0.717, 1.165) is 101 Å². The summed E-state index contributed by atoms with van der Waals surface area (Å²) >= 11 is 1.49. The molecule has 6 aliphatic rings. The van der Waals surface area contributed by atoms with Crippen molar-refractivity contribution < 1.29 is 46.2 Å². The Kier molecular flexibility index (Phi) is 18.9. The first-order chi connectivity index (χ1) is 42.8. The van der Waals surface area contributed by atoms with Crippen molar-refractivity contribution >= 4 is 72.7 Å². The van der Waals surface area contributed by atoms with Crippen LogP contribution in [0.5, 0.6) is 0 Å². The predicted octanol–water partition coefficient (Wildman–Crippen LogP) is 7.65. The summed E-state index contributed by atoms with van der Waals surface area (Å²) in [6, 6.07) is 7.71. The molecule has 6 aromatic rings. The van der Waals surface area contributed by atoms with Gasteiger partial charge in [-0.2, -0.15) is 4.98 Å². The number of piperazine rings is 1. The number of aryl methyl sites for hydroxylation is 1. The molecule has 0 spiro atoms. The number of anilines is 2. The molecule has 0 radical (unpaired) electrons. The number of sulfonamides is 1. The summed E-state index contributed by atoms with van der Waals surface area (Å²) in [5.74, 6) is -0.333. The molecule has 486 valence electrons. The van der Waals surface area contributed by atoms with E-state index < -0.39 is 56.7 Å². The molecule has 7 unspecified atom stereocenters. The van der Waals surface area contributed by atoms with Gasteiger partial charge in [0.2, 0.25) is 21.9 Å². The number of esters is 1. The minimum Gasteiger partial charge on any atom is -0.464 e. The number of carbonyl (C=O) groups excluding carboxylic acids is 3. The number of aromatic nitrogens is 6. The fourth-order valence-electron chi connectivity index (χ4n) is 13.5. The number of thiazole rings is 1. The molecular weight excluding hydrogens is 1200 g/mol. The second kappa shape index (κ2) is 26.2. The largest absolute Gasteiger partial charge is 0.464 e. The molecule has 5 fully saturated rings. The number of alkyl halides is 2. The standard InChI is InChI=1S/C44H58N8O5S.C20H27F2N5O4S/c1-8-51-37-12-11-28-19-31(37)33(40(51)32-20-29(23-45-39(32)27(3)56-7)50-16-14-49(6)15-17-50)22-44(4,5)25-57-43(55)34-10-9-13-52(48-34)42(54)35(21-38-46-36(28)24-58-38)47-41(53)30-18-26(30)2;1-20(29)7-3-4-15(20)27-17-12(10-14(16(21)22)18(27)28)11-23-19(25-17)24-13-5-8-26(9-6-13)32(2,30)31/h11-12,19-20,23-24,26-27,30,34-35,48H,8-10,13-18,21-22,25H2,1-7H3,(H,47,53);10-11,13,15-16,29H,3-9H2,1-2H3,(H,23,24,25). The third-order valence-electron chi connectivity index (χ3n) is 19.0. The van der Waals surface area contributed by atoms with Gasteiger partial charge in [-0.15, -0.1) is 11.3 Å². The van der Waals surface area contributed by atoms with Crippen LogP contribution in [-0.4, -0.2) is 171 Å². The fraction of sp³-hybridized carbons (Fsp3) is 0.594. The lowest BCUT2D eigenvalue weighted by atomic mass is 9.84. The maximum absolute atomic E-state index is 14.1. The van der Waals surface area contributed by atoms with E-state index in [1.54, 1.807) is 14.0 Å². The maximum Gasteiger partial charge on any atom is 0.324 e. The molecule has 9 heterocycles. The number of fused-ring (bicyclic) bond motifs is 7. The van der Waals surface area contributed by atoms with Crippen LogP contribution in [-0.2, 0) is 53.3 Å². The van der Waals surface area contributed by atoms with Gasteiger partial charge in [0.15, 0.2) is 0 Å². The van der Waals surface area contributed by atoms with Crippen molar-refractivity contribution in [1.82, 2.24) is 54.0 Å². The molecule has 5 aromatic heterocycles. The normalized spacial score (nSPS) is 25.0. The van der Waals surface area contributed by atoms with Crippen molar-refractivity contribution in [3.63, 3.8) is 0 Å². The number of hydrazine groups is 1. The molecule has 4 aliphatic heterocycles. The number of piperidine rings is 1. The Morgan fingerprint density at radius 3 is 2.39 bits per heavy atom. The van der Waals surface area contributed by atoms with E-state index in [4.69, 9.17) is 19.4 Å². The Bertz CT molecular complexity index is 3840. The number of methoxy groups -OCH3 is 1. The summed E-state index contributed by atoms with van der Waals surface area (Å²) in [6.07, 6.45) is 6.94. The Balaban J connectivity index is 0.000000220. The number of cyclic esters (lactones) is 1. The zero-order chi connectivity index (χ0) is 64.1. The molecule has 2 saturated carbocycles. The van der Waals surface area contributed by atoms with Gasteiger partial charge in [0.1, 0.15) is 17.7 Å². The van der Waals surface area contributed by atoms with E-state index in [1.807, 2.05) is 25.4 Å². The minimum atomic E-state index is -3.24. The van der Waals surface area contributed by atoms with Gasteiger partial charge in [-0.25, -0.2) is 36.9 Å². The van der Waals surface area contributed by atoms with Gasteiger partial charge in [-0.05, 0) is 121 Å². The third-order valence-corrected chi connectivity index (χ3v) is 21.2. The fourth-order valence-corrected chi connectivity index (χ4v) is 15.2. The Hall–Kier alpha value is -6.55. The number of nitrogens with zero attached hydrogens (tertiary/aromatic N) is 10. The number of amides is 2. The summed E-state index contributed by atoms with van der Waals surface area (Å²) in [6.45, 7) is 18.1. The molecule has 7 atom stereocenters. The van der Waals surface area contributed by atoms with Gasteiger partial charge < -0.3 is 39.6 Å². The average molecular weight is 1280 g/mol. The summed E-state index contributed by atoms with van der Waals surface area (Å²) < 4.78 is 67.6. The van der Waals surface area contributed by atoms with E-state index in [9.17, 15) is 41.5 Å². The van der Waals surface area contributed by atoms with Gasteiger partial charge in [0.05, 0.1) is 70.1 Å². The molecule has 90 heavy (non-hydrogen) atoms. The molecular formula is C64H85F2N13O9S2. The number of nitrogens with one attached hydrogen (secondary N) is 3. The molecule has 6 bridgehead atoms. The molecule has 12 rings (SSSR count). The summed E-state index contributed by atoms with van der Waals surface area (Å²) in [7, 11) is 0.652. The van der Waals surface area contributed by atoms with Crippen LogP contribution in [0.3, 0.4) is 0 Å². The van der Waals surface area contributed by atoms with Crippen LogP contribution < -0.4 is 26.5 Å². The van der Waals surface area contributed by atoms with Crippen molar-refractivity contribution in [2.75, 3.05) is 83.1 Å². The lowest BCUT2D eigenvalue weighted by Crippen LogP contribution is -2.60. The number of benzene rings is 1. The number of carbonyl (C=O) groups is 3. The van der Waals surface area contributed by atoms with Gasteiger partial charge >= 0.3 is 5.97 Å². The number of likely N-dealkylation sites (N-methyl/N-ethyl adjacent to an activating group) is 1. The van der Waals surface area contributed by atoms with Crippen LogP contribution in [0, 0.1) is 17.3 Å². The smallest absolute Gasteiger partial charge is 0.324 e. The number of hydrogen-bond acceptors (Lipinski definition) is 18. The third kappa shape index (κ3) is 13.8. The van der Waals surface area contributed by atoms with Crippen molar-refractivity contribution in [2.24, 2.45) is 17.3 Å². The van der Waals surface area contributed by atoms with Crippen LogP contribution in [0.4, 0.5) is 20.4 Å². The van der Waals surface area contributed by atoms with E-state index in [2.05, 4.69) is 92.5 Å². The molecule has 4 N–H and O–H groups in total. The highest BCUT2D eigenvalue weighted by Crippen LogP contribution is 2.44. The van der Waals surface area contributed by atoms with Gasteiger partial charge in [-0.3, -0.25) is 33.7 Å². The van der Waals surface area contributed by atoms with Crippen LogP contribution in [0.15, 0.2) is 52.9 Å². The maximum atomic E-state index is 14.1. The van der Waals surface area contributed by atoms with Gasteiger partial charge in [0.25, 0.3) is 17.9 Å². The van der Waals surface area contributed by atoms with Crippen LogP contribution >= 0.6 is 11.3 Å².